The normalized spacial score (nSPS) is 23.5. The highest BCUT2D eigenvalue weighted by Gasteiger charge is 2.32. The highest BCUT2D eigenvalue weighted by atomic mass is 19.1. The van der Waals surface area contributed by atoms with Crippen molar-refractivity contribution in [1.82, 2.24) is 14.5 Å². The predicted octanol–water partition coefficient (Wildman–Crippen LogP) is 2.57. The lowest BCUT2D eigenvalue weighted by molar-refractivity contribution is -0.135. The minimum Gasteiger partial charge on any atom is -0.341 e. The first-order chi connectivity index (χ1) is 12.1. The van der Waals surface area contributed by atoms with Gasteiger partial charge in [0.25, 0.3) is 5.56 Å². The second-order valence-corrected chi connectivity index (χ2v) is 7.27. The molecule has 0 bridgehead atoms. The summed E-state index contributed by atoms with van der Waals surface area (Å²) in [4.78, 5) is 31.2. The fraction of sp³-hybridized carbons (Fsp3) is 0.526. The molecule has 2 fully saturated rings. The van der Waals surface area contributed by atoms with E-state index in [2.05, 4.69) is 4.98 Å². The van der Waals surface area contributed by atoms with Crippen LogP contribution in [0.3, 0.4) is 0 Å². The van der Waals surface area contributed by atoms with Crippen LogP contribution in [-0.4, -0.2) is 33.4 Å². The van der Waals surface area contributed by atoms with E-state index in [1.807, 2.05) is 4.90 Å². The average molecular weight is 343 g/mol. The lowest BCUT2D eigenvalue weighted by Crippen LogP contribution is -2.46. The first-order valence-electron chi connectivity index (χ1n) is 9.04. The lowest BCUT2D eigenvalue weighted by atomic mass is 9.75. The molecule has 0 radical (unpaired) electrons. The van der Waals surface area contributed by atoms with E-state index in [0.29, 0.717) is 11.4 Å². The highest BCUT2D eigenvalue weighted by Crippen LogP contribution is 2.36. The van der Waals surface area contributed by atoms with E-state index in [4.69, 9.17) is 0 Å². The Morgan fingerprint density at radius 1 is 1.20 bits per heavy atom. The Morgan fingerprint density at radius 2 is 2.00 bits per heavy atom. The number of likely N-dealkylation sites (tertiary alicyclic amines) is 1. The van der Waals surface area contributed by atoms with E-state index in [-0.39, 0.29) is 23.4 Å². The van der Waals surface area contributed by atoms with Gasteiger partial charge in [-0.1, -0.05) is 19.3 Å². The highest BCUT2D eigenvalue weighted by molar-refractivity contribution is 5.79. The number of hydrogen-bond donors (Lipinski definition) is 0. The van der Waals surface area contributed by atoms with Gasteiger partial charge >= 0.3 is 0 Å². The summed E-state index contributed by atoms with van der Waals surface area (Å²) in [5, 5.41) is 0.210. The molecule has 0 spiro atoms. The standard InChI is InChI=1S/C19H22FN3O2/c20-15-5-6-17-16(9-15)19(25)23(12-21-17)11-18(24)22-8-7-13-3-1-2-4-14(13)10-22/h5-6,9,12-14H,1-4,7-8,10-11H2/t13-,14+/m1/s1. The molecule has 2 aromatic rings. The molecule has 6 heteroatoms. The fourth-order valence-electron chi connectivity index (χ4n) is 4.32. The molecule has 1 saturated carbocycles. The quantitative estimate of drug-likeness (QED) is 0.842. The maximum absolute atomic E-state index is 13.4. The van der Waals surface area contributed by atoms with E-state index in [9.17, 15) is 14.0 Å². The van der Waals surface area contributed by atoms with Crippen LogP contribution in [0.1, 0.15) is 32.1 Å². The summed E-state index contributed by atoms with van der Waals surface area (Å²) >= 11 is 0. The van der Waals surface area contributed by atoms with Crippen LogP contribution in [0.2, 0.25) is 0 Å². The number of amides is 1. The van der Waals surface area contributed by atoms with Crippen LogP contribution in [0, 0.1) is 17.7 Å². The summed E-state index contributed by atoms with van der Waals surface area (Å²) in [5.74, 6) is 0.830. The predicted molar refractivity (Wildman–Crippen MR) is 92.6 cm³/mol. The van der Waals surface area contributed by atoms with Crippen molar-refractivity contribution in [2.24, 2.45) is 11.8 Å². The first kappa shape index (κ1) is 16.2. The molecule has 1 aromatic carbocycles. The summed E-state index contributed by atoms with van der Waals surface area (Å²) in [6, 6.07) is 3.93. The van der Waals surface area contributed by atoms with E-state index in [1.165, 1.54) is 54.8 Å². The van der Waals surface area contributed by atoms with E-state index < -0.39 is 5.82 Å². The molecule has 2 atom stereocenters. The molecule has 2 aliphatic rings. The van der Waals surface area contributed by atoms with Gasteiger partial charge in [-0.3, -0.25) is 14.2 Å². The number of piperidine rings is 1. The molecule has 0 N–H and O–H groups in total. The molecular formula is C19H22FN3O2. The third kappa shape index (κ3) is 3.17. The fourth-order valence-corrected chi connectivity index (χ4v) is 4.32. The number of aromatic nitrogens is 2. The van der Waals surface area contributed by atoms with E-state index >= 15 is 0 Å². The third-order valence-corrected chi connectivity index (χ3v) is 5.74. The van der Waals surface area contributed by atoms with Crippen LogP contribution in [0.25, 0.3) is 10.9 Å². The van der Waals surface area contributed by atoms with Crippen LogP contribution < -0.4 is 5.56 Å². The monoisotopic (exact) mass is 343 g/mol. The van der Waals surface area contributed by atoms with Crippen LogP contribution in [0.5, 0.6) is 0 Å². The minimum absolute atomic E-state index is 0.0321. The van der Waals surface area contributed by atoms with Gasteiger partial charge in [0.05, 0.1) is 17.2 Å². The molecule has 0 unspecified atom stereocenters. The SMILES string of the molecule is O=C(Cn1cnc2ccc(F)cc2c1=O)N1CC[C@H]2CCCC[C@H]2C1. The molecule has 1 aromatic heterocycles. The number of nitrogens with zero attached hydrogens (tertiary/aromatic N) is 3. The molecule has 132 valence electrons. The smallest absolute Gasteiger partial charge is 0.261 e. The van der Waals surface area contributed by atoms with Crippen LogP contribution in [0.15, 0.2) is 29.3 Å². The van der Waals surface area contributed by atoms with Gasteiger partial charge in [-0.05, 0) is 42.9 Å². The second-order valence-electron chi connectivity index (χ2n) is 7.27. The molecule has 1 aliphatic heterocycles. The van der Waals surface area contributed by atoms with Crippen molar-refractivity contribution in [3.8, 4) is 0 Å². The lowest BCUT2D eigenvalue weighted by Gasteiger charge is -2.41. The molecule has 1 amide bonds. The Balaban J connectivity index is 1.52. The van der Waals surface area contributed by atoms with Crippen molar-refractivity contribution in [3.63, 3.8) is 0 Å². The molecule has 5 nitrogen and oxygen atoms in total. The number of halogens is 1. The van der Waals surface area contributed by atoms with Crippen LogP contribution >= 0.6 is 0 Å². The summed E-state index contributed by atoms with van der Waals surface area (Å²) in [6.07, 6.45) is 7.49. The van der Waals surface area contributed by atoms with Gasteiger partial charge in [0, 0.05) is 13.1 Å². The van der Waals surface area contributed by atoms with Crippen molar-refractivity contribution >= 4 is 16.8 Å². The molecule has 1 aliphatic carbocycles. The number of benzene rings is 1. The van der Waals surface area contributed by atoms with Crippen molar-refractivity contribution < 1.29 is 9.18 Å². The average Bonchev–Trinajstić information content (AvgIpc) is 2.64. The Hall–Kier alpha value is -2.24. The molecule has 4 rings (SSSR count). The topological polar surface area (TPSA) is 55.2 Å². The zero-order valence-corrected chi connectivity index (χ0v) is 14.2. The van der Waals surface area contributed by atoms with Gasteiger partial charge in [-0.15, -0.1) is 0 Å². The molecule has 2 heterocycles. The Labute approximate surface area is 145 Å². The molecular weight excluding hydrogens is 321 g/mol. The van der Waals surface area contributed by atoms with Gasteiger partial charge in [-0.2, -0.15) is 0 Å². The summed E-state index contributed by atoms with van der Waals surface area (Å²) < 4.78 is 14.7. The van der Waals surface area contributed by atoms with Crippen molar-refractivity contribution in [2.75, 3.05) is 13.1 Å². The zero-order valence-electron chi connectivity index (χ0n) is 14.2. The van der Waals surface area contributed by atoms with Gasteiger partial charge < -0.3 is 4.90 Å². The Bertz CT molecular complexity index is 863. The molecule has 1 saturated heterocycles. The zero-order chi connectivity index (χ0) is 17.4. The number of carbonyl (C=O) groups is 1. The third-order valence-electron chi connectivity index (χ3n) is 5.74. The Morgan fingerprint density at radius 3 is 2.84 bits per heavy atom. The Kier molecular flexibility index (Phi) is 4.27. The summed E-state index contributed by atoms with van der Waals surface area (Å²) in [5.41, 5.74) is 0.0727. The van der Waals surface area contributed by atoms with E-state index in [1.54, 1.807) is 0 Å². The first-order valence-corrected chi connectivity index (χ1v) is 9.04. The van der Waals surface area contributed by atoms with Crippen LogP contribution in [0.4, 0.5) is 4.39 Å². The van der Waals surface area contributed by atoms with Crippen molar-refractivity contribution in [3.05, 3.63) is 40.7 Å². The maximum Gasteiger partial charge on any atom is 0.261 e. The summed E-state index contributed by atoms with van der Waals surface area (Å²) in [6.45, 7) is 1.54. The van der Waals surface area contributed by atoms with Crippen molar-refractivity contribution in [2.45, 2.75) is 38.6 Å². The number of rotatable bonds is 2. The number of fused-ring (bicyclic) bond motifs is 2. The minimum atomic E-state index is -0.477. The maximum atomic E-state index is 13.4. The van der Waals surface area contributed by atoms with Gasteiger partial charge in [0.1, 0.15) is 12.4 Å². The van der Waals surface area contributed by atoms with Gasteiger partial charge in [0.15, 0.2) is 0 Å². The van der Waals surface area contributed by atoms with Gasteiger partial charge in [-0.25, -0.2) is 9.37 Å². The summed E-state index contributed by atoms with van der Waals surface area (Å²) in [7, 11) is 0. The largest absolute Gasteiger partial charge is 0.341 e. The second kappa shape index (κ2) is 6.58. The van der Waals surface area contributed by atoms with Gasteiger partial charge in [0.2, 0.25) is 5.91 Å². The van der Waals surface area contributed by atoms with Crippen LogP contribution in [-0.2, 0) is 11.3 Å². The van der Waals surface area contributed by atoms with E-state index in [0.717, 1.165) is 25.4 Å². The number of hydrogen-bond acceptors (Lipinski definition) is 3. The van der Waals surface area contributed by atoms with Crippen molar-refractivity contribution in [1.29, 1.82) is 0 Å². The number of carbonyl (C=O) groups excluding carboxylic acids is 1. The molecule has 25 heavy (non-hydrogen) atoms.